The molecule has 1 N–H and O–H groups in total. The average Bonchev–Trinajstić information content (AvgIpc) is 2.48. The maximum atomic E-state index is 11.9. The number of carbonyl (C=O) groups is 2. The van der Waals surface area contributed by atoms with E-state index in [1.165, 1.54) is 0 Å². The molecule has 0 atom stereocenters. The van der Waals surface area contributed by atoms with Gasteiger partial charge in [-0.2, -0.15) is 0 Å². The number of rotatable bonds is 4. The van der Waals surface area contributed by atoms with Gasteiger partial charge in [0.25, 0.3) is 0 Å². The van der Waals surface area contributed by atoms with Crippen LogP contribution in [0.25, 0.3) is 0 Å². The Kier molecular flexibility index (Phi) is 3.93. The van der Waals surface area contributed by atoms with Crippen molar-refractivity contribution < 1.29 is 14.3 Å². The number of anilines is 1. The minimum Gasteiger partial charge on any atom is -0.423 e. The van der Waals surface area contributed by atoms with Gasteiger partial charge >= 0.3 is 5.97 Å². The quantitative estimate of drug-likeness (QED) is 0.518. The lowest BCUT2D eigenvalue weighted by molar-refractivity contribution is 0.0735. The SMILES string of the molecule is CNc1ccc(C(=O)Oc2ccc(C=O)cc2)cc1. The lowest BCUT2D eigenvalue weighted by Gasteiger charge is -2.05. The van der Waals surface area contributed by atoms with Crippen molar-refractivity contribution in [1.82, 2.24) is 0 Å². The number of benzene rings is 2. The summed E-state index contributed by atoms with van der Waals surface area (Å²) >= 11 is 0. The molecule has 0 aliphatic carbocycles. The van der Waals surface area contributed by atoms with E-state index in [0.717, 1.165) is 12.0 Å². The molecular weight excluding hydrogens is 242 g/mol. The lowest BCUT2D eigenvalue weighted by Crippen LogP contribution is -2.08. The van der Waals surface area contributed by atoms with E-state index in [1.807, 2.05) is 7.05 Å². The molecule has 0 saturated carbocycles. The van der Waals surface area contributed by atoms with Gasteiger partial charge in [-0.25, -0.2) is 4.79 Å². The summed E-state index contributed by atoms with van der Waals surface area (Å²) in [5.41, 5.74) is 1.93. The van der Waals surface area contributed by atoms with Gasteiger partial charge in [-0.15, -0.1) is 0 Å². The number of ether oxygens (including phenoxy) is 1. The standard InChI is InChI=1S/C15H13NO3/c1-16-13-6-4-12(5-7-13)15(18)19-14-8-2-11(10-17)3-9-14/h2-10,16H,1H3. The third-order valence-electron chi connectivity index (χ3n) is 2.64. The maximum Gasteiger partial charge on any atom is 0.343 e. The molecule has 4 nitrogen and oxygen atoms in total. The zero-order chi connectivity index (χ0) is 13.7. The van der Waals surface area contributed by atoms with Gasteiger partial charge in [-0.05, 0) is 48.5 Å². The molecule has 0 saturated heterocycles. The van der Waals surface area contributed by atoms with Crippen LogP contribution in [0.4, 0.5) is 5.69 Å². The van der Waals surface area contributed by atoms with Gasteiger partial charge in [0.2, 0.25) is 0 Å². The summed E-state index contributed by atoms with van der Waals surface area (Å²) in [5.74, 6) is -0.0187. The van der Waals surface area contributed by atoms with Crippen molar-refractivity contribution in [1.29, 1.82) is 0 Å². The van der Waals surface area contributed by atoms with Crippen molar-refractivity contribution in [3.8, 4) is 5.75 Å². The Morgan fingerprint density at radius 2 is 1.68 bits per heavy atom. The molecule has 0 aromatic heterocycles. The second-order valence-corrected chi connectivity index (χ2v) is 3.90. The second-order valence-electron chi connectivity index (χ2n) is 3.90. The molecule has 0 fully saturated rings. The predicted octanol–water partition coefficient (Wildman–Crippen LogP) is 2.76. The molecule has 4 heteroatoms. The first-order valence-electron chi connectivity index (χ1n) is 5.78. The Labute approximate surface area is 111 Å². The van der Waals surface area contributed by atoms with E-state index in [4.69, 9.17) is 4.74 Å². The van der Waals surface area contributed by atoms with E-state index in [2.05, 4.69) is 5.32 Å². The summed E-state index contributed by atoms with van der Waals surface area (Å²) < 4.78 is 5.20. The van der Waals surface area contributed by atoms with Crippen LogP contribution in [-0.2, 0) is 0 Å². The van der Waals surface area contributed by atoms with Gasteiger partial charge in [-0.1, -0.05) is 0 Å². The third-order valence-corrected chi connectivity index (χ3v) is 2.64. The van der Waals surface area contributed by atoms with E-state index in [0.29, 0.717) is 16.9 Å². The van der Waals surface area contributed by atoms with Crippen LogP contribution in [0.1, 0.15) is 20.7 Å². The molecule has 0 amide bonds. The van der Waals surface area contributed by atoms with Gasteiger partial charge in [0, 0.05) is 18.3 Å². The normalized spacial score (nSPS) is 9.74. The van der Waals surface area contributed by atoms with Crippen molar-refractivity contribution in [2.75, 3.05) is 12.4 Å². The van der Waals surface area contributed by atoms with E-state index < -0.39 is 5.97 Å². The van der Waals surface area contributed by atoms with Crippen LogP contribution in [-0.4, -0.2) is 19.3 Å². The van der Waals surface area contributed by atoms with Crippen molar-refractivity contribution in [2.45, 2.75) is 0 Å². The summed E-state index contributed by atoms with van der Waals surface area (Å²) in [5, 5.41) is 2.97. The zero-order valence-electron chi connectivity index (χ0n) is 10.4. The van der Waals surface area contributed by atoms with E-state index in [9.17, 15) is 9.59 Å². The molecular formula is C15H13NO3. The number of esters is 1. The van der Waals surface area contributed by atoms with Crippen LogP contribution in [0, 0.1) is 0 Å². The molecule has 0 heterocycles. The van der Waals surface area contributed by atoms with Gasteiger partial charge < -0.3 is 10.1 Å². The fourth-order valence-corrected chi connectivity index (χ4v) is 1.55. The first-order valence-corrected chi connectivity index (χ1v) is 5.78. The minimum absolute atomic E-state index is 0.410. The number of aldehydes is 1. The van der Waals surface area contributed by atoms with Crippen LogP contribution in [0.15, 0.2) is 48.5 Å². The smallest absolute Gasteiger partial charge is 0.343 e. The first kappa shape index (κ1) is 12.8. The number of hydrogen-bond acceptors (Lipinski definition) is 4. The second kappa shape index (κ2) is 5.82. The van der Waals surface area contributed by atoms with Crippen LogP contribution < -0.4 is 10.1 Å². The zero-order valence-corrected chi connectivity index (χ0v) is 10.4. The third kappa shape index (κ3) is 3.19. The molecule has 2 rings (SSSR count). The molecule has 0 aliphatic rings. The van der Waals surface area contributed by atoms with E-state index in [1.54, 1.807) is 48.5 Å². The van der Waals surface area contributed by atoms with Crippen LogP contribution in [0.5, 0.6) is 5.75 Å². The van der Waals surface area contributed by atoms with Gasteiger partial charge in [0.1, 0.15) is 12.0 Å². The Hall–Kier alpha value is -2.62. The summed E-state index contributed by atoms with van der Waals surface area (Å²) in [7, 11) is 1.81. The largest absolute Gasteiger partial charge is 0.423 e. The molecule has 19 heavy (non-hydrogen) atoms. The van der Waals surface area contributed by atoms with Crippen molar-refractivity contribution in [3.63, 3.8) is 0 Å². The Morgan fingerprint density at radius 1 is 1.05 bits per heavy atom. The summed E-state index contributed by atoms with van der Waals surface area (Å²) in [6, 6.07) is 13.3. The highest BCUT2D eigenvalue weighted by Crippen LogP contribution is 2.15. The summed E-state index contributed by atoms with van der Waals surface area (Å²) in [4.78, 5) is 22.4. The highest BCUT2D eigenvalue weighted by molar-refractivity contribution is 5.91. The topological polar surface area (TPSA) is 55.4 Å². The molecule has 96 valence electrons. The fourth-order valence-electron chi connectivity index (χ4n) is 1.55. The molecule has 2 aromatic carbocycles. The molecule has 2 aromatic rings. The number of hydrogen-bond donors (Lipinski definition) is 1. The summed E-state index contributed by atoms with van der Waals surface area (Å²) in [6.07, 6.45) is 0.738. The molecule has 0 spiro atoms. The monoisotopic (exact) mass is 255 g/mol. The fraction of sp³-hybridized carbons (Fsp3) is 0.0667. The Morgan fingerprint density at radius 3 is 2.21 bits per heavy atom. The first-order chi connectivity index (χ1) is 9.22. The van der Waals surface area contributed by atoms with E-state index >= 15 is 0 Å². The van der Waals surface area contributed by atoms with Gasteiger partial charge in [-0.3, -0.25) is 4.79 Å². The Balaban J connectivity index is 2.08. The predicted molar refractivity (Wildman–Crippen MR) is 72.8 cm³/mol. The molecule has 0 radical (unpaired) electrons. The van der Waals surface area contributed by atoms with Crippen molar-refractivity contribution in [3.05, 3.63) is 59.7 Å². The van der Waals surface area contributed by atoms with Crippen molar-refractivity contribution >= 4 is 17.9 Å². The molecule has 0 bridgehead atoms. The number of carbonyl (C=O) groups excluding carboxylic acids is 2. The lowest BCUT2D eigenvalue weighted by atomic mass is 10.2. The molecule has 0 unspecified atom stereocenters. The van der Waals surface area contributed by atoms with Gasteiger partial charge in [0.15, 0.2) is 0 Å². The number of nitrogens with one attached hydrogen (secondary N) is 1. The summed E-state index contributed by atoms with van der Waals surface area (Å²) in [6.45, 7) is 0. The van der Waals surface area contributed by atoms with E-state index in [-0.39, 0.29) is 0 Å². The Bertz CT molecular complexity index is 573. The maximum absolute atomic E-state index is 11.9. The average molecular weight is 255 g/mol. The molecule has 0 aliphatic heterocycles. The van der Waals surface area contributed by atoms with Crippen LogP contribution >= 0.6 is 0 Å². The highest BCUT2D eigenvalue weighted by atomic mass is 16.5. The van der Waals surface area contributed by atoms with Crippen LogP contribution in [0.3, 0.4) is 0 Å². The van der Waals surface area contributed by atoms with Gasteiger partial charge in [0.05, 0.1) is 5.56 Å². The highest BCUT2D eigenvalue weighted by Gasteiger charge is 2.08. The van der Waals surface area contributed by atoms with Crippen LogP contribution in [0.2, 0.25) is 0 Å². The minimum atomic E-state index is -0.429. The van der Waals surface area contributed by atoms with Crippen molar-refractivity contribution in [2.24, 2.45) is 0 Å².